The third kappa shape index (κ3) is 2.98. The molecule has 0 saturated carbocycles. The van der Waals surface area contributed by atoms with Crippen molar-refractivity contribution in [2.24, 2.45) is 0 Å². The van der Waals surface area contributed by atoms with Crippen LogP contribution in [0.25, 0.3) is 0 Å². The van der Waals surface area contributed by atoms with Crippen molar-refractivity contribution in [1.29, 1.82) is 0 Å². The van der Waals surface area contributed by atoms with E-state index in [4.69, 9.17) is 0 Å². The summed E-state index contributed by atoms with van der Waals surface area (Å²) in [5, 5.41) is 0. The number of rotatable bonds is 4. The van der Waals surface area contributed by atoms with Crippen molar-refractivity contribution in [1.82, 2.24) is 4.90 Å². The van der Waals surface area contributed by atoms with Gasteiger partial charge in [0.05, 0.1) is 6.04 Å². The zero-order chi connectivity index (χ0) is 12.1. The Kier molecular flexibility index (Phi) is 4.80. The summed E-state index contributed by atoms with van der Waals surface area (Å²) in [6.45, 7) is 1.81. The van der Waals surface area contributed by atoms with Crippen molar-refractivity contribution in [3.63, 3.8) is 0 Å². The molecule has 1 rings (SSSR count). The van der Waals surface area contributed by atoms with Crippen molar-refractivity contribution < 1.29 is 9.18 Å². The van der Waals surface area contributed by atoms with E-state index in [2.05, 4.69) is 12.6 Å². The lowest BCUT2D eigenvalue weighted by atomic mass is 10.1. The molecule has 0 radical (unpaired) electrons. The number of hydrogen-bond acceptors (Lipinski definition) is 2. The van der Waals surface area contributed by atoms with Gasteiger partial charge in [-0.05, 0) is 18.7 Å². The maximum atomic E-state index is 13.5. The van der Waals surface area contributed by atoms with Gasteiger partial charge < -0.3 is 4.90 Å². The molecule has 4 heteroatoms. The van der Waals surface area contributed by atoms with Crippen molar-refractivity contribution in [2.75, 3.05) is 12.8 Å². The second kappa shape index (κ2) is 5.89. The first kappa shape index (κ1) is 13.0. The fourth-order valence-corrected chi connectivity index (χ4v) is 1.70. The molecule has 0 saturated heterocycles. The van der Waals surface area contributed by atoms with Crippen LogP contribution in [0.15, 0.2) is 24.3 Å². The van der Waals surface area contributed by atoms with Crippen molar-refractivity contribution in [3.8, 4) is 0 Å². The molecule has 0 N–H and O–H groups in total. The molecule has 1 aromatic carbocycles. The molecule has 1 amide bonds. The zero-order valence-corrected chi connectivity index (χ0v) is 10.4. The Hall–Kier alpha value is -1.03. The van der Waals surface area contributed by atoms with Gasteiger partial charge in [-0.25, -0.2) is 4.39 Å². The van der Waals surface area contributed by atoms with Crippen LogP contribution in [0.3, 0.4) is 0 Å². The van der Waals surface area contributed by atoms with Crippen LogP contribution in [0.4, 0.5) is 4.39 Å². The van der Waals surface area contributed by atoms with Gasteiger partial charge in [-0.3, -0.25) is 4.79 Å². The highest BCUT2D eigenvalue weighted by Gasteiger charge is 2.18. The molecule has 1 atom stereocenters. The SMILES string of the molecule is CC(c1ccccc1F)N(C)C(=O)CCS. The Balaban J connectivity index is 2.82. The molecule has 0 bridgehead atoms. The van der Waals surface area contributed by atoms with E-state index in [1.54, 1.807) is 30.1 Å². The van der Waals surface area contributed by atoms with E-state index in [0.717, 1.165) is 0 Å². The third-order valence-electron chi connectivity index (χ3n) is 2.66. The molecule has 0 heterocycles. The van der Waals surface area contributed by atoms with E-state index in [1.807, 2.05) is 6.92 Å². The van der Waals surface area contributed by atoms with Crippen molar-refractivity contribution in [3.05, 3.63) is 35.6 Å². The van der Waals surface area contributed by atoms with E-state index < -0.39 is 0 Å². The lowest BCUT2D eigenvalue weighted by Crippen LogP contribution is -2.30. The number of benzene rings is 1. The quantitative estimate of drug-likeness (QED) is 0.804. The smallest absolute Gasteiger partial charge is 0.223 e. The van der Waals surface area contributed by atoms with Gasteiger partial charge in [0.15, 0.2) is 0 Å². The predicted molar refractivity (Wildman–Crippen MR) is 66.1 cm³/mol. The molecule has 1 aromatic rings. The molecule has 0 fully saturated rings. The topological polar surface area (TPSA) is 20.3 Å². The van der Waals surface area contributed by atoms with Crippen LogP contribution < -0.4 is 0 Å². The molecule has 1 unspecified atom stereocenters. The van der Waals surface area contributed by atoms with E-state index >= 15 is 0 Å². The van der Waals surface area contributed by atoms with Crippen LogP contribution in [0.1, 0.15) is 24.9 Å². The normalized spacial score (nSPS) is 12.2. The van der Waals surface area contributed by atoms with Gasteiger partial charge in [0.25, 0.3) is 0 Å². The van der Waals surface area contributed by atoms with Gasteiger partial charge in [-0.15, -0.1) is 0 Å². The first-order chi connectivity index (χ1) is 7.57. The maximum absolute atomic E-state index is 13.5. The van der Waals surface area contributed by atoms with Crippen LogP contribution in [-0.2, 0) is 4.79 Å². The molecule has 2 nitrogen and oxygen atoms in total. The Bertz CT molecular complexity index is 370. The first-order valence-corrected chi connectivity index (χ1v) is 5.82. The minimum Gasteiger partial charge on any atom is -0.339 e. The summed E-state index contributed by atoms with van der Waals surface area (Å²) in [7, 11) is 1.68. The lowest BCUT2D eigenvalue weighted by Gasteiger charge is -2.25. The summed E-state index contributed by atoms with van der Waals surface area (Å²) in [6, 6.07) is 6.26. The third-order valence-corrected chi connectivity index (χ3v) is 2.88. The van der Waals surface area contributed by atoms with Crippen molar-refractivity contribution >= 4 is 18.5 Å². The number of amides is 1. The van der Waals surface area contributed by atoms with Crippen LogP contribution in [-0.4, -0.2) is 23.6 Å². The summed E-state index contributed by atoms with van der Waals surface area (Å²) in [6.07, 6.45) is 0.373. The summed E-state index contributed by atoms with van der Waals surface area (Å²) < 4.78 is 13.5. The zero-order valence-electron chi connectivity index (χ0n) is 9.48. The van der Waals surface area contributed by atoms with Gasteiger partial charge in [0.1, 0.15) is 5.82 Å². The molecular weight excluding hydrogens is 225 g/mol. The summed E-state index contributed by atoms with van der Waals surface area (Å²) >= 11 is 4.01. The maximum Gasteiger partial charge on any atom is 0.223 e. The van der Waals surface area contributed by atoms with E-state index in [0.29, 0.717) is 17.7 Å². The van der Waals surface area contributed by atoms with Gasteiger partial charge in [0, 0.05) is 19.0 Å². The number of nitrogens with zero attached hydrogens (tertiary/aromatic N) is 1. The molecule has 16 heavy (non-hydrogen) atoms. The summed E-state index contributed by atoms with van der Waals surface area (Å²) in [5.74, 6) is 0.207. The van der Waals surface area contributed by atoms with E-state index in [1.165, 1.54) is 6.07 Å². The molecule has 0 aliphatic heterocycles. The number of carbonyl (C=O) groups is 1. The lowest BCUT2D eigenvalue weighted by molar-refractivity contribution is -0.131. The van der Waals surface area contributed by atoms with Crippen LogP contribution >= 0.6 is 12.6 Å². The highest BCUT2D eigenvalue weighted by molar-refractivity contribution is 7.80. The molecular formula is C12H16FNOS. The Morgan fingerprint density at radius 1 is 1.50 bits per heavy atom. The molecule has 0 aliphatic rings. The van der Waals surface area contributed by atoms with Crippen LogP contribution in [0.5, 0.6) is 0 Å². The Labute approximate surface area is 101 Å². The number of carbonyl (C=O) groups excluding carboxylic acids is 1. The number of thiol groups is 1. The number of hydrogen-bond donors (Lipinski definition) is 1. The molecule has 88 valence electrons. The Morgan fingerprint density at radius 2 is 2.12 bits per heavy atom. The highest BCUT2D eigenvalue weighted by atomic mass is 32.1. The minimum absolute atomic E-state index is 0.0225. The van der Waals surface area contributed by atoms with Gasteiger partial charge >= 0.3 is 0 Å². The van der Waals surface area contributed by atoms with Crippen LogP contribution in [0.2, 0.25) is 0 Å². The van der Waals surface area contributed by atoms with Crippen molar-refractivity contribution in [2.45, 2.75) is 19.4 Å². The second-order valence-corrected chi connectivity index (χ2v) is 4.12. The monoisotopic (exact) mass is 241 g/mol. The molecule has 0 aromatic heterocycles. The molecule has 0 spiro atoms. The minimum atomic E-state index is -0.277. The van der Waals surface area contributed by atoms with Gasteiger partial charge in [-0.2, -0.15) is 12.6 Å². The fourth-order valence-electron chi connectivity index (χ4n) is 1.51. The fraction of sp³-hybridized carbons (Fsp3) is 0.417. The molecule has 0 aliphatic carbocycles. The second-order valence-electron chi connectivity index (χ2n) is 3.68. The van der Waals surface area contributed by atoms with Gasteiger partial charge in [-0.1, -0.05) is 18.2 Å². The summed E-state index contributed by atoms with van der Waals surface area (Å²) in [5.41, 5.74) is 0.539. The standard InChI is InChI=1S/C12H16FNOS/c1-9(14(2)12(15)7-8-16)10-5-3-4-6-11(10)13/h3-6,9,16H,7-8H2,1-2H3. The summed E-state index contributed by atoms with van der Waals surface area (Å²) in [4.78, 5) is 13.2. The first-order valence-electron chi connectivity index (χ1n) is 5.19. The van der Waals surface area contributed by atoms with Gasteiger partial charge in [0.2, 0.25) is 5.91 Å². The highest BCUT2D eigenvalue weighted by Crippen LogP contribution is 2.21. The average Bonchev–Trinajstić information content (AvgIpc) is 2.28. The largest absolute Gasteiger partial charge is 0.339 e. The Morgan fingerprint density at radius 3 is 2.69 bits per heavy atom. The number of halogens is 1. The predicted octanol–water partition coefficient (Wildman–Crippen LogP) is 2.67. The van der Waals surface area contributed by atoms with E-state index in [-0.39, 0.29) is 17.8 Å². The average molecular weight is 241 g/mol. The van der Waals surface area contributed by atoms with E-state index in [9.17, 15) is 9.18 Å². The van der Waals surface area contributed by atoms with Crippen LogP contribution in [0, 0.1) is 5.82 Å².